The van der Waals surface area contributed by atoms with Crippen molar-refractivity contribution >= 4 is 17.7 Å². The quantitative estimate of drug-likeness (QED) is 0.563. The highest BCUT2D eigenvalue weighted by atomic mass is 16.2. The van der Waals surface area contributed by atoms with Crippen molar-refractivity contribution in [3.05, 3.63) is 77.0 Å². The number of nitrogens with zero attached hydrogens (tertiary/aromatic N) is 4. The van der Waals surface area contributed by atoms with Gasteiger partial charge in [-0.15, -0.1) is 0 Å². The smallest absolute Gasteiger partial charge is 0.312 e. The number of hydrogen-bond donors (Lipinski definition) is 1. The molecule has 1 saturated carbocycles. The normalized spacial score (nSPS) is 15.6. The fraction of sp³-hybridized carbons (Fsp3) is 0.357. The van der Waals surface area contributed by atoms with E-state index >= 15 is 0 Å². The molecule has 8 heteroatoms. The van der Waals surface area contributed by atoms with Crippen molar-refractivity contribution in [3.63, 3.8) is 0 Å². The zero-order chi connectivity index (χ0) is 25.2. The molecule has 2 heterocycles. The van der Waals surface area contributed by atoms with Gasteiger partial charge < -0.3 is 15.1 Å². The summed E-state index contributed by atoms with van der Waals surface area (Å²) < 4.78 is 1.81. The molecule has 3 amide bonds. The lowest BCUT2D eigenvalue weighted by Crippen LogP contribution is -2.54. The highest BCUT2D eigenvalue weighted by Gasteiger charge is 2.32. The number of rotatable bonds is 5. The molecule has 1 saturated heterocycles. The van der Waals surface area contributed by atoms with Gasteiger partial charge in [0.1, 0.15) is 5.69 Å². The Kier molecular flexibility index (Phi) is 6.59. The van der Waals surface area contributed by atoms with Crippen molar-refractivity contribution in [2.24, 2.45) is 0 Å². The first-order valence-electron chi connectivity index (χ1n) is 12.5. The van der Waals surface area contributed by atoms with Gasteiger partial charge in [0.15, 0.2) is 0 Å². The van der Waals surface area contributed by atoms with Crippen LogP contribution in [0, 0.1) is 13.8 Å². The number of amides is 3. The van der Waals surface area contributed by atoms with Gasteiger partial charge in [-0.2, -0.15) is 5.10 Å². The summed E-state index contributed by atoms with van der Waals surface area (Å²) in [6, 6.07) is 16.4. The maximum absolute atomic E-state index is 13.6. The standard InChI is InChI=1S/C28H31N5O3/c1-19-3-7-21(8-4-19)17-33-18-24(25(30-33)22-9-5-20(2)6-10-22)27(35)31-13-15-32(16-14-31)28(36)26(34)29-23-11-12-23/h3-10,18,23H,11-17H2,1-2H3,(H,29,34). The Morgan fingerprint density at radius 2 is 1.44 bits per heavy atom. The molecular formula is C28H31N5O3. The van der Waals surface area contributed by atoms with E-state index in [-0.39, 0.29) is 11.9 Å². The molecule has 1 aromatic heterocycles. The van der Waals surface area contributed by atoms with Crippen LogP contribution in [0.4, 0.5) is 0 Å². The van der Waals surface area contributed by atoms with Gasteiger partial charge >= 0.3 is 11.8 Å². The van der Waals surface area contributed by atoms with Gasteiger partial charge in [0.2, 0.25) is 0 Å². The van der Waals surface area contributed by atoms with E-state index in [0.29, 0.717) is 44.0 Å². The fourth-order valence-corrected chi connectivity index (χ4v) is 4.37. The summed E-state index contributed by atoms with van der Waals surface area (Å²) in [5.74, 6) is -1.17. The second-order valence-electron chi connectivity index (χ2n) is 9.77. The minimum absolute atomic E-state index is 0.115. The van der Waals surface area contributed by atoms with Crippen LogP contribution in [-0.2, 0) is 16.1 Å². The maximum Gasteiger partial charge on any atom is 0.312 e. The molecule has 2 fully saturated rings. The first kappa shape index (κ1) is 23.8. The molecule has 1 aliphatic heterocycles. The average Bonchev–Trinajstić information content (AvgIpc) is 3.61. The van der Waals surface area contributed by atoms with Crippen LogP contribution in [0.2, 0.25) is 0 Å². The molecule has 0 radical (unpaired) electrons. The summed E-state index contributed by atoms with van der Waals surface area (Å²) >= 11 is 0. The first-order valence-corrected chi connectivity index (χ1v) is 12.5. The summed E-state index contributed by atoms with van der Waals surface area (Å²) in [7, 11) is 0. The third-order valence-corrected chi connectivity index (χ3v) is 6.74. The van der Waals surface area contributed by atoms with E-state index in [2.05, 4.69) is 36.5 Å². The summed E-state index contributed by atoms with van der Waals surface area (Å²) in [6.45, 7) is 6.05. The predicted octanol–water partition coefficient (Wildman–Crippen LogP) is 2.78. The molecule has 36 heavy (non-hydrogen) atoms. The Bertz CT molecular complexity index is 1270. The van der Waals surface area contributed by atoms with Crippen LogP contribution in [0.15, 0.2) is 54.7 Å². The monoisotopic (exact) mass is 485 g/mol. The van der Waals surface area contributed by atoms with E-state index < -0.39 is 11.8 Å². The molecule has 8 nitrogen and oxygen atoms in total. The van der Waals surface area contributed by atoms with Crippen LogP contribution in [0.1, 0.15) is 39.9 Å². The largest absolute Gasteiger partial charge is 0.345 e. The van der Waals surface area contributed by atoms with Crippen molar-refractivity contribution in [1.29, 1.82) is 0 Å². The second-order valence-corrected chi connectivity index (χ2v) is 9.77. The average molecular weight is 486 g/mol. The Balaban J connectivity index is 1.33. The van der Waals surface area contributed by atoms with Crippen LogP contribution >= 0.6 is 0 Å². The van der Waals surface area contributed by atoms with Gasteiger partial charge in [-0.25, -0.2) is 0 Å². The van der Waals surface area contributed by atoms with Gasteiger partial charge in [0, 0.05) is 44.0 Å². The Morgan fingerprint density at radius 3 is 2.06 bits per heavy atom. The van der Waals surface area contributed by atoms with Gasteiger partial charge in [0.05, 0.1) is 12.1 Å². The molecule has 5 rings (SSSR count). The lowest BCUT2D eigenvalue weighted by Gasteiger charge is -2.34. The van der Waals surface area contributed by atoms with Crippen LogP contribution < -0.4 is 5.32 Å². The van der Waals surface area contributed by atoms with Crippen LogP contribution in [0.3, 0.4) is 0 Å². The van der Waals surface area contributed by atoms with Crippen molar-refractivity contribution in [3.8, 4) is 11.3 Å². The number of carbonyl (C=O) groups excluding carboxylic acids is 3. The third kappa shape index (κ3) is 5.32. The highest BCUT2D eigenvalue weighted by molar-refractivity contribution is 6.35. The number of nitrogens with one attached hydrogen (secondary N) is 1. The zero-order valence-corrected chi connectivity index (χ0v) is 20.7. The highest BCUT2D eigenvalue weighted by Crippen LogP contribution is 2.25. The molecule has 2 aromatic carbocycles. The predicted molar refractivity (Wildman–Crippen MR) is 136 cm³/mol. The number of piperazine rings is 1. The number of aryl methyl sites for hydroxylation is 2. The van der Waals surface area contributed by atoms with Gasteiger partial charge in [-0.3, -0.25) is 19.1 Å². The van der Waals surface area contributed by atoms with E-state index in [1.807, 2.05) is 42.1 Å². The number of hydrogen-bond acceptors (Lipinski definition) is 4. The lowest BCUT2D eigenvalue weighted by molar-refractivity contribution is -0.146. The molecule has 186 valence electrons. The second kappa shape index (κ2) is 9.97. The number of aromatic nitrogens is 2. The van der Waals surface area contributed by atoms with E-state index in [4.69, 9.17) is 5.10 Å². The van der Waals surface area contributed by atoms with Crippen molar-refractivity contribution < 1.29 is 14.4 Å². The topological polar surface area (TPSA) is 87.5 Å². The maximum atomic E-state index is 13.6. The summed E-state index contributed by atoms with van der Waals surface area (Å²) in [6.07, 6.45) is 3.68. The Hall–Kier alpha value is -3.94. The summed E-state index contributed by atoms with van der Waals surface area (Å²) in [4.78, 5) is 41.5. The minimum atomic E-state index is -0.545. The van der Waals surface area contributed by atoms with Crippen molar-refractivity contribution in [2.75, 3.05) is 26.2 Å². The summed E-state index contributed by atoms with van der Waals surface area (Å²) in [5.41, 5.74) is 5.51. The SMILES string of the molecule is Cc1ccc(Cn2cc(C(=O)N3CCN(C(=O)C(=O)NC4CC4)CC3)c(-c3ccc(C)cc3)n2)cc1. The third-order valence-electron chi connectivity index (χ3n) is 6.74. The minimum Gasteiger partial charge on any atom is -0.345 e. The van der Waals surface area contributed by atoms with Crippen LogP contribution in [0.5, 0.6) is 0 Å². The Morgan fingerprint density at radius 1 is 0.861 bits per heavy atom. The van der Waals surface area contributed by atoms with E-state index in [9.17, 15) is 14.4 Å². The van der Waals surface area contributed by atoms with Crippen LogP contribution in [-0.4, -0.2) is 69.5 Å². The molecule has 2 aliphatic rings. The molecule has 0 atom stereocenters. The lowest BCUT2D eigenvalue weighted by atomic mass is 10.1. The van der Waals surface area contributed by atoms with Gasteiger partial charge in [-0.05, 0) is 32.3 Å². The molecule has 0 bridgehead atoms. The van der Waals surface area contributed by atoms with Crippen molar-refractivity contribution in [1.82, 2.24) is 24.9 Å². The zero-order valence-electron chi connectivity index (χ0n) is 20.7. The summed E-state index contributed by atoms with van der Waals surface area (Å²) in [5, 5.41) is 7.54. The number of carbonyl (C=O) groups is 3. The first-order chi connectivity index (χ1) is 17.4. The molecule has 1 aliphatic carbocycles. The molecule has 3 aromatic rings. The Labute approximate surface area is 210 Å². The molecule has 0 spiro atoms. The molecule has 0 unspecified atom stereocenters. The number of benzene rings is 2. The van der Waals surface area contributed by atoms with Crippen molar-refractivity contribution in [2.45, 2.75) is 39.3 Å². The van der Waals surface area contributed by atoms with E-state index in [1.54, 1.807) is 4.90 Å². The molecular weight excluding hydrogens is 454 g/mol. The van der Waals surface area contributed by atoms with E-state index in [0.717, 1.165) is 29.5 Å². The fourth-order valence-electron chi connectivity index (χ4n) is 4.37. The van der Waals surface area contributed by atoms with Crippen LogP contribution in [0.25, 0.3) is 11.3 Å². The van der Waals surface area contributed by atoms with Gasteiger partial charge in [0.25, 0.3) is 5.91 Å². The van der Waals surface area contributed by atoms with E-state index in [1.165, 1.54) is 10.5 Å². The molecule has 1 N–H and O–H groups in total. The van der Waals surface area contributed by atoms with Gasteiger partial charge in [-0.1, -0.05) is 59.7 Å².